The Balaban J connectivity index is 0.000000201. The molecule has 0 spiro atoms. The molecule has 3 heteroatoms. The van der Waals surface area contributed by atoms with Crippen molar-refractivity contribution < 1.29 is 25.1 Å². The first-order valence-electron chi connectivity index (χ1n) is 11.9. The summed E-state index contributed by atoms with van der Waals surface area (Å²) in [5.41, 5.74) is 8.50. The molecule has 0 aromatic heterocycles. The number of phenols is 1. The van der Waals surface area contributed by atoms with Crippen LogP contribution in [0.5, 0.6) is 5.75 Å². The van der Waals surface area contributed by atoms with Gasteiger partial charge in [-0.3, -0.25) is 6.08 Å². The van der Waals surface area contributed by atoms with Gasteiger partial charge in [0.2, 0.25) is 0 Å². The monoisotopic (exact) mass is 512 g/mol. The molecule has 0 bridgehead atoms. The van der Waals surface area contributed by atoms with Gasteiger partial charge in [-0.25, -0.2) is 11.6 Å². The van der Waals surface area contributed by atoms with Crippen LogP contribution < -0.4 is 5.19 Å². The first-order chi connectivity index (χ1) is 16.4. The molecule has 4 rings (SSSR count). The van der Waals surface area contributed by atoms with E-state index in [1.54, 1.807) is 0 Å². The number of rotatable bonds is 2. The van der Waals surface area contributed by atoms with Crippen LogP contribution in [0, 0.1) is 26.8 Å². The summed E-state index contributed by atoms with van der Waals surface area (Å²) in [6, 6.07) is 20.9. The predicted octanol–water partition coefficient (Wildman–Crippen LogP) is 6.91. The fraction of sp³-hybridized carbons (Fsp3) is 0.281. The third-order valence-electron chi connectivity index (χ3n) is 6.08. The van der Waals surface area contributed by atoms with E-state index in [4.69, 9.17) is 0 Å². The van der Waals surface area contributed by atoms with Crippen molar-refractivity contribution in [1.82, 2.24) is 0 Å². The van der Waals surface area contributed by atoms with Crippen molar-refractivity contribution >= 4 is 19.2 Å². The van der Waals surface area contributed by atoms with Crippen LogP contribution in [0.2, 0.25) is 0 Å². The molecule has 1 N–H and O–H groups in total. The van der Waals surface area contributed by atoms with Crippen molar-refractivity contribution in [1.29, 1.82) is 0 Å². The molecule has 1 aliphatic rings. The minimum atomic E-state index is 0.0388. The molecular weight excluding hydrogens is 476 g/mol. The van der Waals surface area contributed by atoms with Crippen LogP contribution in [0.4, 0.5) is 0 Å². The van der Waals surface area contributed by atoms with E-state index >= 15 is 0 Å². The van der Waals surface area contributed by atoms with Crippen molar-refractivity contribution in [3.63, 3.8) is 0 Å². The summed E-state index contributed by atoms with van der Waals surface area (Å²) in [5, 5.41) is 10.8. The number of hydrogen-bond acceptors (Lipinski definition) is 1. The maximum atomic E-state index is 10.0. The molecule has 0 unspecified atom stereocenters. The van der Waals surface area contributed by atoms with Crippen molar-refractivity contribution in [3.05, 3.63) is 118 Å². The average Bonchev–Trinajstić information content (AvgIpc) is 3.33. The van der Waals surface area contributed by atoms with Crippen molar-refractivity contribution in [2.75, 3.05) is 0 Å². The van der Waals surface area contributed by atoms with Crippen LogP contribution in [0.1, 0.15) is 67.5 Å². The quantitative estimate of drug-likeness (QED) is 0.292. The Hall–Kier alpha value is -2.26. The molecule has 35 heavy (non-hydrogen) atoms. The van der Waals surface area contributed by atoms with Gasteiger partial charge in [0.1, 0.15) is 5.75 Å². The van der Waals surface area contributed by atoms with Gasteiger partial charge < -0.3 is 5.11 Å². The molecule has 3 radical (unpaired) electrons. The average molecular weight is 513 g/mol. The maximum absolute atomic E-state index is 10.0. The van der Waals surface area contributed by atoms with Crippen LogP contribution >= 0.6 is 0 Å². The van der Waals surface area contributed by atoms with Crippen LogP contribution in [0.3, 0.4) is 0 Å². The second-order valence-electron chi connectivity index (χ2n) is 9.80. The zero-order valence-electron chi connectivity index (χ0n) is 22.1. The van der Waals surface area contributed by atoms with E-state index in [2.05, 4.69) is 139 Å². The molecule has 178 valence electrons. The first-order valence-corrected chi connectivity index (χ1v) is 13.2. The molecule has 3 aromatic carbocycles. The Morgan fingerprint density at radius 1 is 0.829 bits per heavy atom. The predicted molar refractivity (Wildman–Crippen MR) is 149 cm³/mol. The normalized spacial score (nSPS) is 12.2. The standard InChI is InChI=1S/C13H19OSi.C13H10.C6H7.Ti/c1-7-8(2)10(13(4,5)6)12(15)11(14)9(7)3;1-3-7-12(8-4-1)11-13-9-5-2-6-10-13;1-6-4-2-3-5-6;/h14H,1-6H3;1-10H;2,4H,3H2,1H3;/q;;-1;+1. The van der Waals surface area contributed by atoms with Gasteiger partial charge in [-0.05, 0) is 53.6 Å². The topological polar surface area (TPSA) is 20.2 Å². The molecule has 0 amide bonds. The summed E-state index contributed by atoms with van der Waals surface area (Å²) in [6.07, 6.45) is 8.33. The Kier molecular flexibility index (Phi) is 10.9. The zero-order valence-corrected chi connectivity index (χ0v) is 24.6. The molecular formula is C32H36OSiTi. The van der Waals surface area contributed by atoms with E-state index < -0.39 is 0 Å². The summed E-state index contributed by atoms with van der Waals surface area (Å²) < 4.78 is 1.33. The number of allylic oxidation sites excluding steroid dienone is 4. The van der Waals surface area contributed by atoms with Crippen LogP contribution in [-0.4, -0.2) is 19.2 Å². The Morgan fingerprint density at radius 2 is 1.31 bits per heavy atom. The first kappa shape index (κ1) is 29.0. The number of phenolic OH excluding ortho intramolecular Hbond substituents is 1. The van der Waals surface area contributed by atoms with Gasteiger partial charge in [-0.2, -0.15) is 6.08 Å². The molecule has 0 atom stereocenters. The Labute approximate surface area is 227 Å². The fourth-order valence-corrected chi connectivity index (χ4v) is 5.24. The van der Waals surface area contributed by atoms with Crippen molar-refractivity contribution in [2.24, 2.45) is 0 Å². The van der Waals surface area contributed by atoms with Crippen molar-refractivity contribution in [3.8, 4) is 5.75 Å². The van der Waals surface area contributed by atoms with Gasteiger partial charge in [0.05, 0.1) is 10.2 Å². The SMILES string of the molecule is CC1=[C-]CC=C1.Cc1c(C)c(O)c([Si])c(C(C)(C)C)c1C.[Ti+]=[C](c1ccccc1)c1ccccc1. The molecule has 3 aromatic rings. The third-order valence-corrected chi connectivity index (χ3v) is 7.47. The summed E-state index contributed by atoms with van der Waals surface area (Å²) in [7, 11) is 3.56. The minimum absolute atomic E-state index is 0.0388. The van der Waals surface area contributed by atoms with Gasteiger partial charge in [0, 0.05) is 0 Å². The number of aromatic hydroxyl groups is 1. The van der Waals surface area contributed by atoms with Gasteiger partial charge >= 0.3 is 95.6 Å². The molecule has 0 saturated heterocycles. The Bertz CT molecular complexity index is 1130. The van der Waals surface area contributed by atoms with Crippen LogP contribution in [-0.2, 0) is 25.4 Å². The molecule has 0 heterocycles. The van der Waals surface area contributed by atoms with Gasteiger partial charge in [-0.1, -0.05) is 27.7 Å². The summed E-state index contributed by atoms with van der Waals surface area (Å²) in [5.74, 6) is 0.375. The van der Waals surface area contributed by atoms with Gasteiger partial charge in [0.15, 0.2) is 0 Å². The van der Waals surface area contributed by atoms with E-state index in [1.165, 1.54) is 37.2 Å². The second-order valence-corrected chi connectivity index (χ2v) is 11.1. The Morgan fingerprint density at radius 3 is 1.66 bits per heavy atom. The van der Waals surface area contributed by atoms with E-state index in [1.807, 2.05) is 19.1 Å². The van der Waals surface area contributed by atoms with Crippen molar-refractivity contribution in [2.45, 2.75) is 60.3 Å². The fourth-order valence-electron chi connectivity index (χ4n) is 3.97. The van der Waals surface area contributed by atoms with E-state index in [9.17, 15) is 5.11 Å². The van der Waals surface area contributed by atoms with Gasteiger partial charge in [0.25, 0.3) is 0 Å². The molecule has 0 aliphatic heterocycles. The summed E-state index contributed by atoms with van der Waals surface area (Å²) in [6.45, 7) is 14.7. The van der Waals surface area contributed by atoms with E-state index in [0.717, 1.165) is 17.2 Å². The van der Waals surface area contributed by atoms with E-state index in [0.29, 0.717) is 5.75 Å². The molecule has 0 fully saturated rings. The summed E-state index contributed by atoms with van der Waals surface area (Å²) >= 11 is 2.16. The number of benzene rings is 3. The van der Waals surface area contributed by atoms with Crippen LogP contribution in [0.15, 0.2) is 78.4 Å². The third kappa shape index (κ3) is 8.14. The van der Waals surface area contributed by atoms with Gasteiger partial charge in [-0.15, -0.1) is 6.42 Å². The molecule has 0 saturated carbocycles. The van der Waals surface area contributed by atoms with E-state index in [-0.39, 0.29) is 5.41 Å². The molecule has 1 nitrogen and oxygen atoms in total. The zero-order chi connectivity index (χ0) is 26.2. The van der Waals surface area contributed by atoms with Crippen LogP contribution in [0.25, 0.3) is 0 Å². The molecule has 1 aliphatic carbocycles. The second kappa shape index (κ2) is 13.2. The summed E-state index contributed by atoms with van der Waals surface area (Å²) in [4.78, 5) is 0. The number of hydrogen-bond donors (Lipinski definition) is 1.